The number of halogens is 1. The molecule has 1 aromatic carbocycles. The van der Waals surface area contributed by atoms with E-state index < -0.39 is 6.10 Å². The zero-order valence-electron chi connectivity index (χ0n) is 14.0. The van der Waals surface area contributed by atoms with Crippen LogP contribution >= 0.6 is 0 Å². The predicted octanol–water partition coefficient (Wildman–Crippen LogP) is 1.84. The van der Waals surface area contributed by atoms with Crippen LogP contribution in [0.1, 0.15) is 24.9 Å². The van der Waals surface area contributed by atoms with Crippen LogP contribution in [0.15, 0.2) is 24.3 Å². The standard InChI is InChI=1S/C17H26FN3O2/c1-12-7-8-21(11-16(12)22)17(23)19-10-15(20(2)3)13-5-4-6-14(18)9-13/h4-6,9,12,15-16,22H,7-8,10-11H2,1-3H3,(H,19,23). The number of likely N-dealkylation sites (tertiary alicyclic amines) is 1. The second-order valence-corrected chi connectivity index (χ2v) is 6.50. The summed E-state index contributed by atoms with van der Waals surface area (Å²) in [5.41, 5.74) is 0.822. The smallest absolute Gasteiger partial charge is 0.317 e. The first-order valence-corrected chi connectivity index (χ1v) is 8.01. The summed E-state index contributed by atoms with van der Waals surface area (Å²) < 4.78 is 13.4. The van der Waals surface area contributed by atoms with Gasteiger partial charge >= 0.3 is 6.03 Å². The number of hydrogen-bond acceptors (Lipinski definition) is 3. The second kappa shape index (κ2) is 7.75. The Labute approximate surface area is 137 Å². The van der Waals surface area contributed by atoms with Gasteiger partial charge in [0.1, 0.15) is 5.82 Å². The molecule has 1 aliphatic heterocycles. The van der Waals surface area contributed by atoms with E-state index in [1.54, 1.807) is 11.0 Å². The Morgan fingerprint density at radius 2 is 2.26 bits per heavy atom. The highest BCUT2D eigenvalue weighted by atomic mass is 19.1. The third-order valence-electron chi connectivity index (χ3n) is 4.51. The highest BCUT2D eigenvalue weighted by Gasteiger charge is 2.27. The van der Waals surface area contributed by atoms with Gasteiger partial charge in [-0.15, -0.1) is 0 Å². The van der Waals surface area contributed by atoms with Crippen LogP contribution in [0.4, 0.5) is 9.18 Å². The summed E-state index contributed by atoms with van der Waals surface area (Å²) in [5.74, 6) is -0.0605. The van der Waals surface area contributed by atoms with Crippen molar-refractivity contribution in [3.8, 4) is 0 Å². The van der Waals surface area contributed by atoms with Crippen molar-refractivity contribution in [1.29, 1.82) is 0 Å². The monoisotopic (exact) mass is 323 g/mol. The van der Waals surface area contributed by atoms with E-state index in [1.807, 2.05) is 32.0 Å². The van der Waals surface area contributed by atoms with E-state index in [0.29, 0.717) is 19.6 Å². The van der Waals surface area contributed by atoms with Crippen LogP contribution < -0.4 is 5.32 Å². The first-order valence-electron chi connectivity index (χ1n) is 8.01. The molecule has 2 rings (SSSR count). The average molecular weight is 323 g/mol. The number of urea groups is 1. The molecule has 128 valence electrons. The Morgan fingerprint density at radius 1 is 1.52 bits per heavy atom. The number of aliphatic hydroxyl groups is 1. The van der Waals surface area contributed by atoms with Crippen LogP contribution in [0.3, 0.4) is 0 Å². The quantitative estimate of drug-likeness (QED) is 0.889. The van der Waals surface area contributed by atoms with Crippen molar-refractivity contribution in [2.45, 2.75) is 25.5 Å². The number of carbonyl (C=O) groups excluding carboxylic acids is 1. The molecule has 1 heterocycles. The lowest BCUT2D eigenvalue weighted by atomic mass is 9.96. The maximum atomic E-state index is 13.4. The van der Waals surface area contributed by atoms with Crippen LogP contribution in [0.2, 0.25) is 0 Å². The lowest BCUT2D eigenvalue weighted by Gasteiger charge is -2.35. The van der Waals surface area contributed by atoms with Crippen molar-refractivity contribution in [2.24, 2.45) is 5.92 Å². The van der Waals surface area contributed by atoms with Gasteiger partial charge in [0.2, 0.25) is 0 Å². The maximum Gasteiger partial charge on any atom is 0.317 e. The molecule has 0 aromatic heterocycles. The Morgan fingerprint density at radius 3 is 2.87 bits per heavy atom. The van der Waals surface area contributed by atoms with Crippen molar-refractivity contribution >= 4 is 6.03 Å². The molecule has 5 nitrogen and oxygen atoms in total. The van der Waals surface area contributed by atoms with Crippen molar-refractivity contribution in [1.82, 2.24) is 15.1 Å². The highest BCUT2D eigenvalue weighted by molar-refractivity contribution is 5.74. The number of benzene rings is 1. The Hall–Kier alpha value is -1.66. The van der Waals surface area contributed by atoms with Crippen molar-refractivity contribution in [3.05, 3.63) is 35.6 Å². The van der Waals surface area contributed by atoms with Gasteiger partial charge in [-0.05, 0) is 44.1 Å². The number of piperidine rings is 1. The molecule has 0 aliphatic carbocycles. The maximum absolute atomic E-state index is 13.4. The summed E-state index contributed by atoms with van der Waals surface area (Å²) in [6.45, 7) is 3.39. The van der Waals surface area contributed by atoms with Gasteiger partial charge in [0.05, 0.1) is 12.1 Å². The van der Waals surface area contributed by atoms with Gasteiger partial charge in [0.25, 0.3) is 0 Å². The van der Waals surface area contributed by atoms with Crippen molar-refractivity contribution in [2.75, 3.05) is 33.7 Å². The van der Waals surface area contributed by atoms with Crippen LogP contribution in [-0.4, -0.2) is 60.8 Å². The van der Waals surface area contributed by atoms with Gasteiger partial charge in [-0.3, -0.25) is 0 Å². The van der Waals surface area contributed by atoms with Gasteiger partial charge in [-0.1, -0.05) is 19.1 Å². The largest absolute Gasteiger partial charge is 0.391 e. The number of carbonyl (C=O) groups is 1. The molecule has 6 heteroatoms. The second-order valence-electron chi connectivity index (χ2n) is 6.50. The van der Waals surface area contributed by atoms with Gasteiger partial charge < -0.3 is 20.2 Å². The van der Waals surface area contributed by atoms with E-state index in [2.05, 4.69) is 5.32 Å². The lowest BCUT2D eigenvalue weighted by Crippen LogP contribution is -2.50. The number of nitrogens with zero attached hydrogens (tertiary/aromatic N) is 2. The zero-order valence-corrected chi connectivity index (χ0v) is 14.0. The van der Waals surface area contributed by atoms with Crippen LogP contribution in [0.5, 0.6) is 0 Å². The minimum atomic E-state index is -0.470. The minimum Gasteiger partial charge on any atom is -0.391 e. The summed E-state index contributed by atoms with van der Waals surface area (Å²) >= 11 is 0. The molecule has 2 N–H and O–H groups in total. The Bertz CT molecular complexity index is 538. The number of hydrogen-bond donors (Lipinski definition) is 2. The topological polar surface area (TPSA) is 55.8 Å². The van der Waals surface area contributed by atoms with E-state index >= 15 is 0 Å². The molecule has 23 heavy (non-hydrogen) atoms. The third kappa shape index (κ3) is 4.65. The summed E-state index contributed by atoms with van der Waals surface area (Å²) in [4.78, 5) is 15.9. The van der Waals surface area contributed by atoms with E-state index in [-0.39, 0.29) is 23.8 Å². The van der Waals surface area contributed by atoms with Crippen molar-refractivity contribution in [3.63, 3.8) is 0 Å². The molecule has 0 saturated carbocycles. The summed E-state index contributed by atoms with van der Waals surface area (Å²) in [7, 11) is 3.79. The molecule has 3 unspecified atom stereocenters. The average Bonchev–Trinajstić information content (AvgIpc) is 2.49. The highest BCUT2D eigenvalue weighted by Crippen LogP contribution is 2.19. The molecule has 0 spiro atoms. The molecule has 0 radical (unpaired) electrons. The zero-order chi connectivity index (χ0) is 17.0. The van der Waals surface area contributed by atoms with Gasteiger partial charge in [0.15, 0.2) is 0 Å². The van der Waals surface area contributed by atoms with Crippen molar-refractivity contribution < 1.29 is 14.3 Å². The fourth-order valence-electron chi connectivity index (χ4n) is 2.84. The number of rotatable bonds is 4. The lowest BCUT2D eigenvalue weighted by molar-refractivity contribution is 0.0433. The summed E-state index contributed by atoms with van der Waals surface area (Å²) in [5, 5.41) is 12.8. The van der Waals surface area contributed by atoms with E-state index in [9.17, 15) is 14.3 Å². The number of aliphatic hydroxyl groups excluding tert-OH is 1. The number of β-amino-alcohol motifs (C(OH)–C–C–N with tert-alkyl or cyclic N) is 1. The van der Waals surface area contributed by atoms with Gasteiger partial charge in [0, 0.05) is 19.6 Å². The number of likely N-dealkylation sites (N-methyl/N-ethyl adjacent to an activating group) is 1. The Kier molecular flexibility index (Phi) is 5.96. The first kappa shape index (κ1) is 17.7. The summed E-state index contributed by atoms with van der Waals surface area (Å²) in [6, 6.07) is 6.13. The van der Waals surface area contributed by atoms with Crippen LogP contribution in [-0.2, 0) is 0 Å². The van der Waals surface area contributed by atoms with Crippen LogP contribution in [0, 0.1) is 11.7 Å². The first-order chi connectivity index (χ1) is 10.9. The molecule has 0 bridgehead atoms. The van der Waals surface area contributed by atoms with E-state index in [1.165, 1.54) is 12.1 Å². The SMILES string of the molecule is CC1CCN(C(=O)NCC(c2cccc(F)c2)N(C)C)CC1O. The summed E-state index contributed by atoms with van der Waals surface area (Å²) in [6.07, 6.45) is 0.331. The minimum absolute atomic E-state index is 0.108. The number of nitrogens with one attached hydrogen (secondary N) is 1. The fourth-order valence-corrected chi connectivity index (χ4v) is 2.84. The molecule has 3 atom stereocenters. The van der Waals surface area contributed by atoms with Crippen LogP contribution in [0.25, 0.3) is 0 Å². The molecule has 1 saturated heterocycles. The Balaban J connectivity index is 1.95. The van der Waals surface area contributed by atoms with E-state index in [4.69, 9.17) is 0 Å². The molecule has 2 amide bonds. The van der Waals surface area contributed by atoms with Gasteiger partial charge in [-0.2, -0.15) is 0 Å². The normalized spacial score (nSPS) is 23.0. The third-order valence-corrected chi connectivity index (χ3v) is 4.51. The molecule has 1 aliphatic rings. The van der Waals surface area contributed by atoms with E-state index in [0.717, 1.165) is 12.0 Å². The predicted molar refractivity (Wildman–Crippen MR) is 87.6 cm³/mol. The fraction of sp³-hybridized carbons (Fsp3) is 0.588. The van der Waals surface area contributed by atoms with Gasteiger partial charge in [-0.25, -0.2) is 9.18 Å². The molecule has 1 aromatic rings. The molecular weight excluding hydrogens is 297 g/mol. The molecule has 1 fully saturated rings. The molecular formula is C17H26FN3O2. The number of amides is 2.